The van der Waals surface area contributed by atoms with Crippen LogP contribution in [0.2, 0.25) is 0 Å². The molecule has 0 atom stereocenters. The van der Waals surface area contributed by atoms with Crippen LogP contribution in [0.4, 0.5) is 5.69 Å². The quantitative estimate of drug-likeness (QED) is 0.810. The number of carbonyl (C=O) groups is 2. The van der Waals surface area contributed by atoms with E-state index in [4.69, 9.17) is 10.5 Å². The van der Waals surface area contributed by atoms with Gasteiger partial charge >= 0.3 is 5.97 Å². The lowest BCUT2D eigenvalue weighted by Crippen LogP contribution is -2.33. The molecule has 102 valence electrons. The van der Waals surface area contributed by atoms with E-state index in [9.17, 15) is 9.59 Å². The van der Waals surface area contributed by atoms with Crippen molar-refractivity contribution in [2.75, 3.05) is 19.4 Å². The fraction of sp³-hybridized carbons (Fsp3) is 0.462. The molecule has 0 saturated heterocycles. The predicted molar refractivity (Wildman–Crippen MR) is 69.5 cm³/mol. The normalized spacial score (nSPS) is 14.0. The smallest absolute Gasteiger partial charge is 0.340 e. The Morgan fingerprint density at radius 1 is 1.53 bits per heavy atom. The summed E-state index contributed by atoms with van der Waals surface area (Å²) in [5, 5.41) is 0. The van der Waals surface area contributed by atoms with Crippen molar-refractivity contribution in [1.29, 1.82) is 0 Å². The maximum Gasteiger partial charge on any atom is 0.340 e. The van der Waals surface area contributed by atoms with Gasteiger partial charge in [-0.3, -0.25) is 9.78 Å². The lowest BCUT2D eigenvalue weighted by atomic mass is 10.2. The first-order valence-electron chi connectivity index (χ1n) is 6.14. The number of ether oxygens (including phenoxy) is 1. The van der Waals surface area contributed by atoms with Crippen LogP contribution in [0.1, 0.15) is 28.9 Å². The highest BCUT2D eigenvalue weighted by Gasteiger charge is 2.30. The van der Waals surface area contributed by atoms with Crippen molar-refractivity contribution >= 4 is 17.6 Å². The summed E-state index contributed by atoms with van der Waals surface area (Å²) in [7, 11) is 1.72. The zero-order valence-electron chi connectivity index (χ0n) is 11.0. The maximum absolute atomic E-state index is 11.8. The van der Waals surface area contributed by atoms with E-state index in [2.05, 4.69) is 4.98 Å². The number of nitrogens with zero attached hydrogens (tertiary/aromatic N) is 2. The fourth-order valence-electron chi connectivity index (χ4n) is 1.73. The third-order valence-corrected chi connectivity index (χ3v) is 3.14. The van der Waals surface area contributed by atoms with Gasteiger partial charge in [-0.2, -0.15) is 0 Å². The summed E-state index contributed by atoms with van der Waals surface area (Å²) < 4.78 is 5.00. The molecular weight excluding hydrogens is 246 g/mol. The molecule has 1 aromatic heterocycles. The molecule has 1 heterocycles. The van der Waals surface area contributed by atoms with Crippen LogP contribution in [0.15, 0.2) is 12.3 Å². The zero-order valence-corrected chi connectivity index (χ0v) is 11.0. The van der Waals surface area contributed by atoms with E-state index in [1.54, 1.807) is 18.9 Å². The molecule has 0 aromatic carbocycles. The van der Waals surface area contributed by atoms with Gasteiger partial charge in [-0.05, 0) is 25.8 Å². The first kappa shape index (κ1) is 13.3. The Morgan fingerprint density at radius 2 is 2.21 bits per heavy atom. The van der Waals surface area contributed by atoms with Crippen LogP contribution in [0.25, 0.3) is 0 Å². The molecule has 1 amide bonds. The molecule has 1 saturated carbocycles. The molecular formula is C13H17N3O3. The Hall–Kier alpha value is -2.11. The van der Waals surface area contributed by atoms with Gasteiger partial charge in [0.2, 0.25) is 0 Å². The van der Waals surface area contributed by atoms with E-state index in [1.807, 2.05) is 0 Å². The second-order valence-electron chi connectivity index (χ2n) is 4.71. The summed E-state index contributed by atoms with van der Waals surface area (Å²) in [5.41, 5.74) is 6.78. The van der Waals surface area contributed by atoms with Gasteiger partial charge in [-0.25, -0.2) is 4.79 Å². The molecule has 1 aromatic rings. The van der Waals surface area contributed by atoms with Crippen LogP contribution >= 0.6 is 0 Å². The van der Waals surface area contributed by atoms with Crippen LogP contribution in [0, 0.1) is 6.92 Å². The van der Waals surface area contributed by atoms with Crippen LogP contribution in [0.5, 0.6) is 0 Å². The second-order valence-corrected chi connectivity index (χ2v) is 4.71. The van der Waals surface area contributed by atoms with Crippen LogP contribution < -0.4 is 5.73 Å². The maximum atomic E-state index is 11.8. The third-order valence-electron chi connectivity index (χ3n) is 3.14. The fourth-order valence-corrected chi connectivity index (χ4v) is 1.73. The summed E-state index contributed by atoms with van der Waals surface area (Å²) in [6.07, 6.45) is 3.51. The third kappa shape index (κ3) is 3.21. The number of hydrogen-bond donors (Lipinski definition) is 1. The molecule has 0 bridgehead atoms. The molecule has 0 spiro atoms. The van der Waals surface area contributed by atoms with E-state index in [0.717, 1.165) is 12.8 Å². The van der Waals surface area contributed by atoms with E-state index < -0.39 is 5.97 Å². The van der Waals surface area contributed by atoms with E-state index in [0.29, 0.717) is 23.0 Å². The standard InChI is InChI=1S/C13H17N3O3/c1-8-11(5-9(14)6-15-8)13(18)19-7-12(17)16(2)10-3-4-10/h5-6,10H,3-4,7,14H2,1-2H3. The molecule has 6 nitrogen and oxygen atoms in total. The number of rotatable bonds is 4. The topological polar surface area (TPSA) is 85.5 Å². The van der Waals surface area contributed by atoms with Crippen LogP contribution in [-0.4, -0.2) is 41.5 Å². The van der Waals surface area contributed by atoms with Gasteiger partial charge in [0.15, 0.2) is 6.61 Å². The number of amides is 1. The van der Waals surface area contributed by atoms with Crippen molar-refractivity contribution in [2.24, 2.45) is 0 Å². The molecule has 1 aliphatic rings. The summed E-state index contributed by atoms with van der Waals surface area (Å²) in [6.45, 7) is 1.44. The van der Waals surface area contributed by atoms with E-state index >= 15 is 0 Å². The number of aryl methyl sites for hydroxylation is 1. The largest absolute Gasteiger partial charge is 0.452 e. The average Bonchev–Trinajstić information content (AvgIpc) is 3.21. The molecule has 19 heavy (non-hydrogen) atoms. The Labute approximate surface area is 111 Å². The van der Waals surface area contributed by atoms with Crippen molar-refractivity contribution in [3.8, 4) is 0 Å². The van der Waals surface area contributed by atoms with Gasteiger partial charge in [0.05, 0.1) is 23.1 Å². The molecule has 1 fully saturated rings. The van der Waals surface area contributed by atoms with E-state index in [-0.39, 0.29) is 12.5 Å². The minimum Gasteiger partial charge on any atom is -0.452 e. The minimum atomic E-state index is -0.574. The highest BCUT2D eigenvalue weighted by molar-refractivity contribution is 5.93. The summed E-state index contributed by atoms with van der Waals surface area (Å²) >= 11 is 0. The Morgan fingerprint density at radius 3 is 2.84 bits per heavy atom. The van der Waals surface area contributed by atoms with Crippen molar-refractivity contribution in [3.05, 3.63) is 23.5 Å². The molecule has 0 radical (unpaired) electrons. The number of esters is 1. The number of likely N-dealkylation sites (N-methyl/N-ethyl adjacent to an activating group) is 1. The average molecular weight is 263 g/mol. The summed E-state index contributed by atoms with van der Waals surface area (Å²) in [5.74, 6) is -0.764. The number of hydrogen-bond acceptors (Lipinski definition) is 5. The predicted octanol–water partition coefficient (Wildman–Crippen LogP) is 0.750. The molecule has 2 N–H and O–H groups in total. The highest BCUT2D eigenvalue weighted by atomic mass is 16.5. The number of nitrogens with two attached hydrogens (primary N) is 1. The lowest BCUT2D eigenvalue weighted by Gasteiger charge is -2.16. The number of pyridine rings is 1. The summed E-state index contributed by atoms with van der Waals surface area (Å²) in [4.78, 5) is 29.2. The van der Waals surface area contributed by atoms with Crippen molar-refractivity contribution in [1.82, 2.24) is 9.88 Å². The molecule has 6 heteroatoms. The van der Waals surface area contributed by atoms with Crippen LogP contribution in [0.3, 0.4) is 0 Å². The number of carbonyl (C=O) groups excluding carboxylic acids is 2. The number of anilines is 1. The Balaban J connectivity index is 1.93. The number of aromatic nitrogens is 1. The zero-order chi connectivity index (χ0) is 14.0. The summed E-state index contributed by atoms with van der Waals surface area (Å²) in [6, 6.07) is 1.81. The van der Waals surface area contributed by atoms with Crippen LogP contribution in [-0.2, 0) is 9.53 Å². The SMILES string of the molecule is Cc1ncc(N)cc1C(=O)OCC(=O)N(C)C1CC1. The van der Waals surface area contributed by atoms with Crippen molar-refractivity contribution < 1.29 is 14.3 Å². The molecule has 0 unspecified atom stereocenters. The minimum absolute atomic E-state index is 0.189. The van der Waals surface area contributed by atoms with Gasteiger partial charge < -0.3 is 15.4 Å². The van der Waals surface area contributed by atoms with Gasteiger partial charge in [-0.1, -0.05) is 0 Å². The molecule has 0 aliphatic heterocycles. The monoisotopic (exact) mass is 263 g/mol. The van der Waals surface area contributed by atoms with Crippen molar-refractivity contribution in [3.63, 3.8) is 0 Å². The van der Waals surface area contributed by atoms with E-state index in [1.165, 1.54) is 12.3 Å². The number of nitrogen functional groups attached to an aromatic ring is 1. The van der Waals surface area contributed by atoms with Gasteiger partial charge in [-0.15, -0.1) is 0 Å². The molecule has 1 aliphatic carbocycles. The molecule has 2 rings (SSSR count). The first-order chi connectivity index (χ1) is 8.99. The van der Waals surface area contributed by atoms with Gasteiger partial charge in [0, 0.05) is 13.1 Å². The lowest BCUT2D eigenvalue weighted by molar-refractivity contribution is -0.133. The second kappa shape index (κ2) is 5.26. The van der Waals surface area contributed by atoms with Gasteiger partial charge in [0.25, 0.3) is 5.91 Å². The first-order valence-corrected chi connectivity index (χ1v) is 6.14. The van der Waals surface area contributed by atoms with Gasteiger partial charge in [0.1, 0.15) is 0 Å². The Kier molecular flexibility index (Phi) is 3.69. The Bertz CT molecular complexity index is 512. The highest BCUT2D eigenvalue weighted by Crippen LogP contribution is 2.25. The van der Waals surface area contributed by atoms with Crippen molar-refractivity contribution in [2.45, 2.75) is 25.8 Å².